The predicted octanol–water partition coefficient (Wildman–Crippen LogP) is 4.96. The first-order chi connectivity index (χ1) is 18.7. The Hall–Kier alpha value is -4.43. The highest BCUT2D eigenvalue weighted by molar-refractivity contribution is 6.37. The number of nitrogens with zero attached hydrogens (tertiary/aromatic N) is 2. The van der Waals surface area contributed by atoms with Gasteiger partial charge in [-0.15, -0.1) is 0 Å². The van der Waals surface area contributed by atoms with Gasteiger partial charge in [0.2, 0.25) is 5.91 Å². The fourth-order valence-electron chi connectivity index (χ4n) is 4.40. The van der Waals surface area contributed by atoms with Crippen LogP contribution in [0.3, 0.4) is 0 Å². The Labute approximate surface area is 229 Å². The standard InChI is InChI=1S/C31H34N4O4/c1-20(2)30(37)35(18-17-34(3)4)24-14-12-23(13-15-24)32-28(21-9-7-6-8-10-21)27-25-16-11-22(31(38)39-5)19-26(25)33-29(27)36/h6-16,19-20,32H,17-18H2,1-5H3,(H,33,36)/b28-27-. The summed E-state index contributed by atoms with van der Waals surface area (Å²) in [5.74, 6) is -0.802. The lowest BCUT2D eigenvalue weighted by Gasteiger charge is -2.26. The monoisotopic (exact) mass is 526 g/mol. The van der Waals surface area contributed by atoms with Gasteiger partial charge < -0.3 is 25.2 Å². The highest BCUT2D eigenvalue weighted by Crippen LogP contribution is 2.38. The maximum Gasteiger partial charge on any atom is 0.337 e. The number of hydrogen-bond donors (Lipinski definition) is 2. The molecule has 1 aliphatic heterocycles. The van der Waals surface area contributed by atoms with E-state index in [0.717, 1.165) is 23.5 Å². The molecule has 0 saturated heterocycles. The van der Waals surface area contributed by atoms with Gasteiger partial charge in [0.05, 0.1) is 29.6 Å². The van der Waals surface area contributed by atoms with Crippen LogP contribution in [0, 0.1) is 5.92 Å². The molecule has 0 radical (unpaired) electrons. The van der Waals surface area contributed by atoms with Crippen LogP contribution in [0.1, 0.15) is 35.3 Å². The van der Waals surface area contributed by atoms with Crippen LogP contribution >= 0.6 is 0 Å². The van der Waals surface area contributed by atoms with Crippen molar-refractivity contribution in [1.82, 2.24) is 4.90 Å². The average Bonchev–Trinajstić information content (AvgIpc) is 3.26. The topological polar surface area (TPSA) is 91.0 Å². The second kappa shape index (κ2) is 12.0. The molecule has 8 heteroatoms. The number of carbonyl (C=O) groups excluding carboxylic acids is 3. The molecule has 39 heavy (non-hydrogen) atoms. The number of carbonyl (C=O) groups is 3. The number of rotatable bonds is 9. The van der Waals surface area contributed by atoms with Gasteiger partial charge in [-0.2, -0.15) is 0 Å². The van der Waals surface area contributed by atoms with Gasteiger partial charge in [0.1, 0.15) is 0 Å². The third kappa shape index (κ3) is 6.18. The summed E-state index contributed by atoms with van der Waals surface area (Å²) in [5, 5.41) is 6.32. The second-order valence-corrected chi connectivity index (χ2v) is 9.94. The second-order valence-electron chi connectivity index (χ2n) is 9.94. The first-order valence-electron chi connectivity index (χ1n) is 12.9. The van der Waals surface area contributed by atoms with Crippen LogP contribution in [0.5, 0.6) is 0 Å². The zero-order valence-corrected chi connectivity index (χ0v) is 22.9. The van der Waals surface area contributed by atoms with Gasteiger partial charge >= 0.3 is 5.97 Å². The quantitative estimate of drug-likeness (QED) is 0.303. The van der Waals surface area contributed by atoms with Gasteiger partial charge in [-0.1, -0.05) is 50.2 Å². The molecule has 1 aliphatic rings. The maximum absolute atomic E-state index is 13.2. The molecule has 0 fully saturated rings. The van der Waals surface area contributed by atoms with Gasteiger partial charge in [0.15, 0.2) is 0 Å². The lowest BCUT2D eigenvalue weighted by atomic mass is 9.99. The normalized spacial score (nSPS) is 13.7. The van der Waals surface area contributed by atoms with E-state index in [1.165, 1.54) is 7.11 Å². The zero-order valence-electron chi connectivity index (χ0n) is 22.9. The summed E-state index contributed by atoms with van der Waals surface area (Å²) in [6.45, 7) is 5.13. The molecular weight excluding hydrogens is 492 g/mol. The van der Waals surface area contributed by atoms with Crippen LogP contribution in [0.25, 0.3) is 11.3 Å². The van der Waals surface area contributed by atoms with Crippen LogP contribution in [0.15, 0.2) is 72.8 Å². The SMILES string of the molecule is COC(=O)c1ccc2c(c1)NC(=O)/C2=C(\Nc1ccc(N(CCN(C)C)C(=O)C(C)C)cc1)c1ccccc1. The number of likely N-dealkylation sites (N-methyl/N-ethyl adjacent to an activating group) is 1. The van der Waals surface area contributed by atoms with E-state index < -0.39 is 5.97 Å². The molecule has 0 aliphatic carbocycles. The largest absolute Gasteiger partial charge is 0.465 e. The number of nitrogens with one attached hydrogen (secondary N) is 2. The number of benzene rings is 3. The van der Waals surface area contributed by atoms with Crippen LogP contribution in [0.4, 0.5) is 17.1 Å². The number of methoxy groups -OCH3 is 1. The van der Waals surface area contributed by atoms with Crippen molar-refractivity contribution in [3.8, 4) is 0 Å². The highest BCUT2D eigenvalue weighted by Gasteiger charge is 2.29. The van der Waals surface area contributed by atoms with Gasteiger partial charge in [0, 0.05) is 35.9 Å². The minimum Gasteiger partial charge on any atom is -0.465 e. The molecule has 4 rings (SSSR count). The van der Waals surface area contributed by atoms with Crippen LogP contribution < -0.4 is 15.5 Å². The first-order valence-corrected chi connectivity index (χ1v) is 12.9. The molecule has 0 unspecified atom stereocenters. The molecular formula is C31H34N4O4. The molecule has 2 N–H and O–H groups in total. The molecule has 3 aromatic rings. The van der Waals surface area contributed by atoms with E-state index in [1.807, 2.05) is 92.3 Å². The van der Waals surface area contributed by atoms with Gasteiger partial charge in [0.25, 0.3) is 5.91 Å². The molecule has 0 atom stereocenters. The lowest BCUT2D eigenvalue weighted by Crippen LogP contribution is -2.39. The highest BCUT2D eigenvalue weighted by atomic mass is 16.5. The summed E-state index contributed by atoms with van der Waals surface area (Å²) in [7, 11) is 5.29. The van der Waals surface area contributed by atoms with Crippen molar-refractivity contribution in [2.75, 3.05) is 49.8 Å². The summed E-state index contributed by atoms with van der Waals surface area (Å²) in [6.07, 6.45) is 0. The number of anilines is 3. The van der Waals surface area contributed by atoms with E-state index in [2.05, 4.69) is 10.6 Å². The van der Waals surface area contributed by atoms with E-state index in [1.54, 1.807) is 18.2 Å². The van der Waals surface area contributed by atoms with Crippen molar-refractivity contribution in [3.05, 3.63) is 89.5 Å². The molecule has 0 saturated carbocycles. The van der Waals surface area contributed by atoms with Gasteiger partial charge in [-0.25, -0.2) is 4.79 Å². The maximum atomic E-state index is 13.2. The molecule has 2 amide bonds. The fraction of sp³-hybridized carbons (Fsp3) is 0.258. The number of amides is 2. The lowest BCUT2D eigenvalue weighted by molar-refractivity contribution is -0.121. The molecule has 3 aromatic carbocycles. The minimum absolute atomic E-state index is 0.0650. The first kappa shape index (κ1) is 27.6. The summed E-state index contributed by atoms with van der Waals surface area (Å²) in [6, 6.07) is 22.3. The van der Waals surface area contributed by atoms with Crippen LogP contribution in [-0.2, 0) is 14.3 Å². The molecule has 0 aromatic heterocycles. The predicted molar refractivity (Wildman–Crippen MR) is 155 cm³/mol. The Morgan fingerprint density at radius 2 is 1.62 bits per heavy atom. The number of esters is 1. The van der Waals surface area contributed by atoms with Crippen molar-refractivity contribution in [1.29, 1.82) is 0 Å². The third-order valence-corrected chi connectivity index (χ3v) is 6.48. The summed E-state index contributed by atoms with van der Waals surface area (Å²) in [4.78, 5) is 42.0. The Bertz CT molecular complexity index is 1400. The van der Waals surface area contributed by atoms with Gasteiger partial charge in [-0.05, 0) is 56.1 Å². The van der Waals surface area contributed by atoms with Crippen molar-refractivity contribution in [3.63, 3.8) is 0 Å². The summed E-state index contributed by atoms with van der Waals surface area (Å²) in [5.41, 5.74) is 5.11. The van der Waals surface area contributed by atoms with Crippen LogP contribution in [0.2, 0.25) is 0 Å². The number of ether oxygens (including phenoxy) is 1. The van der Waals surface area contributed by atoms with Crippen molar-refractivity contribution in [2.24, 2.45) is 5.92 Å². The van der Waals surface area contributed by atoms with Crippen molar-refractivity contribution in [2.45, 2.75) is 13.8 Å². The van der Waals surface area contributed by atoms with Gasteiger partial charge in [-0.3, -0.25) is 9.59 Å². The molecule has 0 bridgehead atoms. The Kier molecular flexibility index (Phi) is 8.46. The molecule has 8 nitrogen and oxygen atoms in total. The Balaban J connectivity index is 1.72. The van der Waals surface area contributed by atoms with E-state index >= 15 is 0 Å². The van der Waals surface area contributed by atoms with E-state index in [-0.39, 0.29) is 17.7 Å². The number of hydrogen-bond acceptors (Lipinski definition) is 6. The molecule has 0 spiro atoms. The zero-order chi connectivity index (χ0) is 28.1. The van der Waals surface area contributed by atoms with Crippen molar-refractivity contribution < 1.29 is 19.1 Å². The van der Waals surface area contributed by atoms with Crippen LogP contribution in [-0.4, -0.2) is 57.0 Å². The Morgan fingerprint density at radius 3 is 2.23 bits per heavy atom. The molecule has 1 heterocycles. The summed E-state index contributed by atoms with van der Waals surface area (Å²) < 4.78 is 4.82. The third-order valence-electron chi connectivity index (χ3n) is 6.48. The smallest absolute Gasteiger partial charge is 0.337 e. The fourth-order valence-corrected chi connectivity index (χ4v) is 4.40. The number of fused-ring (bicyclic) bond motifs is 1. The van der Waals surface area contributed by atoms with E-state index in [9.17, 15) is 14.4 Å². The average molecular weight is 527 g/mol. The minimum atomic E-state index is -0.471. The summed E-state index contributed by atoms with van der Waals surface area (Å²) >= 11 is 0. The Morgan fingerprint density at radius 1 is 0.923 bits per heavy atom. The van der Waals surface area contributed by atoms with Crippen molar-refractivity contribution >= 4 is 46.1 Å². The van der Waals surface area contributed by atoms with E-state index in [4.69, 9.17) is 4.74 Å². The molecule has 202 valence electrons. The van der Waals surface area contributed by atoms with E-state index in [0.29, 0.717) is 34.6 Å².